The van der Waals surface area contributed by atoms with E-state index in [1.807, 2.05) is 30.3 Å². The highest BCUT2D eigenvalue weighted by molar-refractivity contribution is 6.03. The Labute approximate surface area is 170 Å². The second-order valence-corrected chi connectivity index (χ2v) is 7.33. The summed E-state index contributed by atoms with van der Waals surface area (Å²) < 4.78 is 5.04. The molecule has 150 valence electrons. The summed E-state index contributed by atoms with van der Waals surface area (Å²) in [4.78, 5) is 24.6. The van der Waals surface area contributed by atoms with Gasteiger partial charge in [0.15, 0.2) is 11.6 Å². The van der Waals surface area contributed by atoms with E-state index in [0.29, 0.717) is 29.1 Å². The monoisotopic (exact) mass is 391 g/mol. The molecular formula is C22H25N5O2. The number of aryl methyl sites for hydroxylation is 1. The number of amides is 1. The topological polar surface area (TPSA) is 84.2 Å². The summed E-state index contributed by atoms with van der Waals surface area (Å²) in [5, 5.41) is 6.60. The van der Waals surface area contributed by atoms with Crippen LogP contribution >= 0.6 is 0 Å². The summed E-state index contributed by atoms with van der Waals surface area (Å²) in [6, 6.07) is 13.6. The number of carbonyl (C=O) groups is 1. The predicted molar refractivity (Wildman–Crippen MR) is 112 cm³/mol. The minimum atomic E-state index is -0.329. The molecule has 1 saturated heterocycles. The molecule has 0 saturated carbocycles. The molecule has 1 aliphatic rings. The lowest BCUT2D eigenvalue weighted by Crippen LogP contribution is -2.40. The third kappa shape index (κ3) is 4.29. The van der Waals surface area contributed by atoms with Gasteiger partial charge < -0.3 is 14.7 Å². The summed E-state index contributed by atoms with van der Waals surface area (Å²) in [7, 11) is 0. The first-order valence-electron chi connectivity index (χ1n) is 10.1. The van der Waals surface area contributed by atoms with Gasteiger partial charge in [-0.15, -0.1) is 0 Å². The number of nitrogens with zero attached hydrogens (tertiary/aromatic N) is 4. The fourth-order valence-electron chi connectivity index (χ4n) is 3.75. The Morgan fingerprint density at radius 3 is 2.76 bits per heavy atom. The molecule has 0 spiro atoms. The van der Waals surface area contributed by atoms with Crippen LogP contribution in [0.5, 0.6) is 0 Å². The highest BCUT2D eigenvalue weighted by Gasteiger charge is 2.24. The van der Waals surface area contributed by atoms with Crippen molar-refractivity contribution in [2.45, 2.75) is 45.6 Å². The average molecular weight is 391 g/mol. The molecule has 1 aliphatic heterocycles. The van der Waals surface area contributed by atoms with Gasteiger partial charge in [-0.2, -0.15) is 0 Å². The molecule has 7 heteroatoms. The maximum Gasteiger partial charge on any atom is 0.275 e. The first-order valence-corrected chi connectivity index (χ1v) is 10.1. The first kappa shape index (κ1) is 19.1. The Morgan fingerprint density at radius 2 is 2.03 bits per heavy atom. The van der Waals surface area contributed by atoms with E-state index < -0.39 is 0 Å². The van der Waals surface area contributed by atoms with Crippen molar-refractivity contribution < 1.29 is 9.32 Å². The van der Waals surface area contributed by atoms with Crippen molar-refractivity contribution in [1.82, 2.24) is 15.1 Å². The highest BCUT2D eigenvalue weighted by Crippen LogP contribution is 2.28. The third-order valence-corrected chi connectivity index (χ3v) is 5.24. The molecule has 7 nitrogen and oxygen atoms in total. The summed E-state index contributed by atoms with van der Waals surface area (Å²) in [5.74, 6) is 2.02. The summed E-state index contributed by atoms with van der Waals surface area (Å²) >= 11 is 0. The average Bonchev–Trinajstić information content (AvgIpc) is 3.18. The third-order valence-electron chi connectivity index (χ3n) is 5.24. The molecule has 0 radical (unpaired) electrons. The SMILES string of the molecule is CCC1CCCCN1c1cc(C(=O)Nc2cc(C)on2)nc(-c2ccccc2)n1. The molecule has 1 fully saturated rings. The normalized spacial score (nSPS) is 16.6. The number of hydrogen-bond donors (Lipinski definition) is 1. The molecule has 3 aromatic rings. The molecule has 1 amide bonds. The van der Waals surface area contributed by atoms with Crippen molar-refractivity contribution in [1.29, 1.82) is 0 Å². The first-order chi connectivity index (χ1) is 14.1. The highest BCUT2D eigenvalue weighted by atomic mass is 16.5. The Bertz CT molecular complexity index is 986. The number of piperidine rings is 1. The Hall–Kier alpha value is -3.22. The van der Waals surface area contributed by atoms with Gasteiger partial charge in [0.25, 0.3) is 5.91 Å². The fourth-order valence-corrected chi connectivity index (χ4v) is 3.75. The van der Waals surface area contributed by atoms with Crippen LogP contribution in [0.25, 0.3) is 11.4 Å². The van der Waals surface area contributed by atoms with Gasteiger partial charge in [0.2, 0.25) is 0 Å². The smallest absolute Gasteiger partial charge is 0.275 e. The lowest BCUT2D eigenvalue weighted by Gasteiger charge is -2.36. The van der Waals surface area contributed by atoms with Crippen molar-refractivity contribution >= 4 is 17.5 Å². The van der Waals surface area contributed by atoms with Crippen molar-refractivity contribution in [3.05, 3.63) is 53.9 Å². The van der Waals surface area contributed by atoms with E-state index in [4.69, 9.17) is 9.51 Å². The Kier molecular flexibility index (Phi) is 5.55. The van der Waals surface area contributed by atoms with E-state index in [1.165, 1.54) is 6.42 Å². The lowest BCUT2D eigenvalue weighted by atomic mass is 10.00. The van der Waals surface area contributed by atoms with Crippen LogP contribution in [0.15, 0.2) is 47.0 Å². The van der Waals surface area contributed by atoms with Gasteiger partial charge in [-0.3, -0.25) is 4.79 Å². The molecular weight excluding hydrogens is 366 g/mol. The number of anilines is 2. The van der Waals surface area contributed by atoms with Crippen molar-refractivity contribution in [3.8, 4) is 11.4 Å². The molecule has 1 atom stereocenters. The minimum Gasteiger partial charge on any atom is -0.360 e. The van der Waals surface area contributed by atoms with Gasteiger partial charge in [-0.05, 0) is 32.6 Å². The van der Waals surface area contributed by atoms with Crippen LogP contribution in [0.3, 0.4) is 0 Å². The van der Waals surface area contributed by atoms with Gasteiger partial charge in [0.1, 0.15) is 17.3 Å². The summed E-state index contributed by atoms with van der Waals surface area (Å²) in [6.07, 6.45) is 4.54. The molecule has 2 aromatic heterocycles. The van der Waals surface area contributed by atoms with E-state index in [-0.39, 0.29) is 5.91 Å². The Morgan fingerprint density at radius 1 is 1.21 bits per heavy atom. The van der Waals surface area contributed by atoms with E-state index in [0.717, 1.165) is 37.2 Å². The predicted octanol–water partition coefficient (Wildman–Crippen LogP) is 4.46. The Balaban J connectivity index is 1.72. The molecule has 0 bridgehead atoms. The van der Waals surface area contributed by atoms with Crippen LogP contribution in [-0.2, 0) is 0 Å². The molecule has 3 heterocycles. The summed E-state index contributed by atoms with van der Waals surface area (Å²) in [5.41, 5.74) is 1.20. The van der Waals surface area contributed by atoms with Gasteiger partial charge in [-0.25, -0.2) is 9.97 Å². The fraction of sp³-hybridized carbons (Fsp3) is 0.364. The molecule has 29 heavy (non-hydrogen) atoms. The second-order valence-electron chi connectivity index (χ2n) is 7.33. The number of aromatic nitrogens is 3. The van der Waals surface area contributed by atoms with Gasteiger partial charge in [0.05, 0.1) is 0 Å². The van der Waals surface area contributed by atoms with E-state index in [1.54, 1.807) is 19.1 Å². The van der Waals surface area contributed by atoms with E-state index in [2.05, 4.69) is 27.3 Å². The summed E-state index contributed by atoms with van der Waals surface area (Å²) in [6.45, 7) is 4.91. The van der Waals surface area contributed by atoms with Gasteiger partial charge >= 0.3 is 0 Å². The number of rotatable bonds is 5. The number of hydrogen-bond acceptors (Lipinski definition) is 6. The van der Waals surface area contributed by atoms with Crippen molar-refractivity contribution in [3.63, 3.8) is 0 Å². The zero-order chi connectivity index (χ0) is 20.2. The van der Waals surface area contributed by atoms with Gasteiger partial charge in [-0.1, -0.05) is 42.4 Å². The maximum atomic E-state index is 12.9. The zero-order valence-corrected chi connectivity index (χ0v) is 16.8. The minimum absolute atomic E-state index is 0.315. The van der Waals surface area contributed by atoms with Gasteiger partial charge in [0, 0.05) is 30.3 Å². The largest absolute Gasteiger partial charge is 0.360 e. The lowest BCUT2D eigenvalue weighted by molar-refractivity contribution is 0.102. The van der Waals surface area contributed by atoms with Crippen molar-refractivity contribution in [2.24, 2.45) is 0 Å². The maximum absolute atomic E-state index is 12.9. The molecule has 1 unspecified atom stereocenters. The van der Waals surface area contributed by atoms with Crippen LogP contribution in [-0.4, -0.2) is 33.6 Å². The standard InChI is InChI=1S/C22H25N5O2/c1-3-17-11-7-8-12-27(17)20-14-18(22(28)24-19-13-15(2)29-26-19)23-21(25-20)16-9-5-4-6-10-16/h4-6,9-10,13-14,17H,3,7-8,11-12H2,1-2H3,(H,24,26,28). The van der Waals surface area contributed by atoms with Crippen molar-refractivity contribution in [2.75, 3.05) is 16.8 Å². The van der Waals surface area contributed by atoms with Crippen LogP contribution < -0.4 is 10.2 Å². The number of carbonyl (C=O) groups excluding carboxylic acids is 1. The van der Waals surface area contributed by atoms with Crippen LogP contribution in [0.2, 0.25) is 0 Å². The number of nitrogens with one attached hydrogen (secondary N) is 1. The molecule has 1 N–H and O–H groups in total. The quantitative estimate of drug-likeness (QED) is 0.691. The van der Waals surface area contributed by atoms with E-state index in [9.17, 15) is 4.79 Å². The van der Waals surface area contributed by atoms with Crippen LogP contribution in [0, 0.1) is 6.92 Å². The molecule has 4 rings (SSSR count). The molecule has 0 aliphatic carbocycles. The van der Waals surface area contributed by atoms with Crippen LogP contribution in [0.4, 0.5) is 11.6 Å². The van der Waals surface area contributed by atoms with Crippen LogP contribution in [0.1, 0.15) is 48.9 Å². The molecule has 1 aromatic carbocycles. The zero-order valence-electron chi connectivity index (χ0n) is 16.8. The second kappa shape index (κ2) is 8.43. The van der Waals surface area contributed by atoms with E-state index >= 15 is 0 Å². The number of benzene rings is 1.